The summed E-state index contributed by atoms with van der Waals surface area (Å²) in [6.45, 7) is 0. The van der Waals surface area contributed by atoms with Gasteiger partial charge >= 0.3 is 137 Å². The molecular weight excluding hydrogens is 420 g/mol. The van der Waals surface area contributed by atoms with E-state index in [4.69, 9.17) is 52.6 Å². The number of hydrogen-bond acceptors (Lipinski definition) is 12. The van der Waals surface area contributed by atoms with E-state index in [1.165, 1.54) is 0 Å². The van der Waals surface area contributed by atoms with Crippen molar-refractivity contribution in [3.8, 4) is 0 Å². The van der Waals surface area contributed by atoms with Crippen LogP contribution in [0.25, 0.3) is 0 Å². The van der Waals surface area contributed by atoms with Crippen LogP contribution in [0.5, 0.6) is 0 Å². The average molecular weight is 422 g/mol. The van der Waals surface area contributed by atoms with E-state index in [1.807, 2.05) is 0 Å². The maximum absolute atomic E-state index is 8.52. The molecule has 0 aromatic heterocycles. The Bertz CT molecular complexity index is 350. The van der Waals surface area contributed by atoms with Crippen molar-refractivity contribution in [1.82, 2.24) is 0 Å². The molecule has 0 heterocycles. The van der Waals surface area contributed by atoms with Gasteiger partial charge in [0.15, 0.2) is 0 Å². The van der Waals surface area contributed by atoms with Crippen LogP contribution in [0.4, 0.5) is 0 Å². The molecule has 0 saturated carbocycles. The fourth-order valence-corrected chi connectivity index (χ4v) is 0. The summed E-state index contributed by atoms with van der Waals surface area (Å²) in [6.07, 6.45) is 0. The Morgan fingerprint density at radius 2 is 0.421 bits per heavy atom. The van der Waals surface area contributed by atoms with E-state index >= 15 is 0 Å². The molecule has 100 valence electrons. The van der Waals surface area contributed by atoms with E-state index in [-0.39, 0.29) is 137 Å². The predicted octanol–water partition coefficient (Wildman–Crippen LogP) is -6.07. The molecule has 0 fully saturated rings. The second-order valence-corrected chi connectivity index (χ2v) is 3.67. The van der Waals surface area contributed by atoms with Crippen molar-refractivity contribution in [2.24, 2.45) is 0 Å². The zero-order valence-electron chi connectivity index (χ0n) is 7.28. The van der Waals surface area contributed by atoms with Crippen LogP contribution in [0, 0.1) is 0 Å². The molecule has 19 heavy (non-hydrogen) atoms. The van der Waals surface area contributed by atoms with Crippen LogP contribution < -0.4 is 0 Å². The van der Waals surface area contributed by atoms with E-state index < -0.39 is 31.2 Å². The van der Waals surface area contributed by atoms with Gasteiger partial charge in [0.2, 0.25) is 0 Å². The van der Waals surface area contributed by atoms with Gasteiger partial charge in [0, 0.05) is 31.2 Å². The Hall–Kier alpha value is 3.95. The first-order valence-corrected chi connectivity index (χ1v) is 6.00. The monoisotopic (exact) mass is 422 g/mol. The molecule has 0 aliphatic rings. The minimum atomic E-state index is -5.17. The predicted molar refractivity (Wildman–Crippen MR) is 57.2 cm³/mol. The van der Waals surface area contributed by atoms with Crippen LogP contribution in [-0.4, -0.2) is 190 Å². The minimum absolute atomic E-state index is 0. The molecule has 0 N–H and O–H groups in total. The van der Waals surface area contributed by atoms with Gasteiger partial charge in [-0.05, 0) is 0 Å². The normalized spacial score (nSPS) is 9.16. The van der Waals surface area contributed by atoms with E-state index in [0.717, 1.165) is 0 Å². The van der Waals surface area contributed by atoms with Crippen molar-refractivity contribution in [1.29, 1.82) is 0 Å². The summed E-state index contributed by atoms with van der Waals surface area (Å²) in [6, 6.07) is 0. The van der Waals surface area contributed by atoms with Gasteiger partial charge in [-0.1, -0.05) is 0 Å². The molecule has 12 nitrogen and oxygen atoms in total. The molecule has 0 radical (unpaired) electrons. The van der Waals surface area contributed by atoms with Gasteiger partial charge in [-0.25, -0.2) is 0 Å². The first kappa shape index (κ1) is 43.5. The zero-order valence-corrected chi connectivity index (χ0v) is 12.0. The average Bonchev–Trinajstić information content (AvgIpc) is 1.41. The fraction of sp³-hybridized carbons (Fsp3) is 0. The Morgan fingerprint density at radius 1 is 0.421 bits per heavy atom. The number of rotatable bonds is 0. The first-order valence-electron chi connectivity index (χ1n) is 2.00. The van der Waals surface area contributed by atoms with Crippen molar-refractivity contribution in [2.75, 3.05) is 0 Å². The van der Waals surface area contributed by atoms with Gasteiger partial charge in [-0.2, -0.15) is 0 Å². The van der Waals surface area contributed by atoms with Gasteiger partial charge < -0.3 is 27.3 Å². The summed E-state index contributed by atoms with van der Waals surface area (Å²) in [7, 11) is -15.5. The Kier molecular flexibility index (Phi) is 45.7. The first-order chi connectivity index (χ1) is 6.00. The van der Waals surface area contributed by atoms with Gasteiger partial charge in [0.25, 0.3) is 0 Å². The molecule has 0 aromatic rings. The third-order valence-electron chi connectivity index (χ3n) is 0. The van der Waals surface area contributed by atoms with Crippen LogP contribution in [0.2, 0.25) is 0 Å². The van der Waals surface area contributed by atoms with Crippen LogP contribution in [0.3, 0.4) is 0 Å². The molecule has 0 aliphatic heterocycles. The molecule has 0 spiro atoms. The van der Waals surface area contributed by atoms with Gasteiger partial charge in [-0.3, -0.25) is 25.3 Å². The number of hydrogen-bond donors (Lipinski definition) is 0. The van der Waals surface area contributed by atoms with Crippen molar-refractivity contribution in [3.63, 3.8) is 0 Å². The van der Waals surface area contributed by atoms with E-state index in [0.29, 0.717) is 0 Å². The Morgan fingerprint density at radius 3 is 0.421 bits per heavy atom. The van der Waals surface area contributed by atoms with Gasteiger partial charge in [-0.15, -0.1) is 0 Å². The van der Waals surface area contributed by atoms with Crippen molar-refractivity contribution in [2.45, 2.75) is 0 Å². The van der Waals surface area contributed by atoms with Crippen LogP contribution >= 0.6 is 0 Å². The van der Waals surface area contributed by atoms with Crippen LogP contribution in [-0.2, 0) is 31.2 Å². The maximum atomic E-state index is 8.52. The van der Waals surface area contributed by atoms with Gasteiger partial charge in [0.05, 0.1) is 0 Å². The molecule has 0 saturated heterocycles. The molecule has 0 unspecified atom stereocenters. The standard InChI is InChI=1S/2Al.2K.3H2O4S.2H/c;;;;3*1-5(2,3)4;;/h;;;;3*(H2,1,2,3,4);;/q2*+3;;;;;;;/p-6. The molecule has 19 heteroatoms. The molecule has 0 atom stereocenters. The van der Waals surface area contributed by atoms with Crippen molar-refractivity contribution < 1.29 is 52.6 Å². The van der Waals surface area contributed by atoms with Crippen molar-refractivity contribution >= 4 is 169 Å². The summed E-state index contributed by atoms with van der Waals surface area (Å²) in [4.78, 5) is 0. The van der Waals surface area contributed by atoms with Crippen LogP contribution in [0.15, 0.2) is 0 Å². The Labute approximate surface area is 216 Å². The summed E-state index contributed by atoms with van der Waals surface area (Å²) < 4.78 is 102. The van der Waals surface area contributed by atoms with E-state index in [1.54, 1.807) is 0 Å². The molecular formula is H2Al2K2O12S3. The summed E-state index contributed by atoms with van der Waals surface area (Å²) in [5, 5.41) is 0. The third kappa shape index (κ3) is 560. The molecule has 0 aromatic carbocycles. The second-order valence-electron chi connectivity index (χ2n) is 1.22. The molecule has 0 aliphatic carbocycles. The molecule has 0 bridgehead atoms. The summed E-state index contributed by atoms with van der Waals surface area (Å²) in [5.41, 5.74) is 0. The quantitative estimate of drug-likeness (QED) is 0.201. The second kappa shape index (κ2) is 20.0. The van der Waals surface area contributed by atoms with E-state index in [2.05, 4.69) is 0 Å². The summed E-state index contributed by atoms with van der Waals surface area (Å²) in [5.74, 6) is 0. The molecule has 0 rings (SSSR count). The van der Waals surface area contributed by atoms with Crippen molar-refractivity contribution in [3.05, 3.63) is 0 Å². The topological polar surface area (TPSA) is 241 Å². The summed E-state index contributed by atoms with van der Waals surface area (Å²) >= 11 is 0. The Balaban J connectivity index is -0.0000000206. The molecule has 0 amide bonds. The SMILES string of the molecule is O=S(=O)([O-])[O-].O=S(=O)([O-])[O-].O=S(=O)([O-])[O-].[Al+3].[Al+3].[KH].[KH]. The zero-order chi connectivity index (χ0) is 13.5. The fourth-order valence-electron chi connectivity index (χ4n) is 0. The van der Waals surface area contributed by atoms with Gasteiger partial charge in [0.1, 0.15) is 0 Å². The van der Waals surface area contributed by atoms with E-state index in [9.17, 15) is 0 Å². The third-order valence-corrected chi connectivity index (χ3v) is 0. The van der Waals surface area contributed by atoms with Crippen LogP contribution in [0.1, 0.15) is 0 Å².